The molecule has 136 valence electrons. The summed E-state index contributed by atoms with van der Waals surface area (Å²) in [6.07, 6.45) is -2.84. The van der Waals surface area contributed by atoms with Crippen molar-refractivity contribution in [3.05, 3.63) is 58.8 Å². The van der Waals surface area contributed by atoms with Crippen LogP contribution in [0, 0.1) is 0 Å². The van der Waals surface area contributed by atoms with Crippen LogP contribution in [0.4, 0.5) is 13.2 Å². The molecule has 0 saturated carbocycles. The van der Waals surface area contributed by atoms with Crippen molar-refractivity contribution < 1.29 is 17.9 Å². The van der Waals surface area contributed by atoms with E-state index in [1.54, 1.807) is 18.3 Å². The Morgan fingerprint density at radius 1 is 1.15 bits per heavy atom. The third kappa shape index (κ3) is 3.68. The highest BCUT2D eigenvalue weighted by Crippen LogP contribution is 2.22. The van der Waals surface area contributed by atoms with Gasteiger partial charge in [-0.25, -0.2) is 9.97 Å². The van der Waals surface area contributed by atoms with Gasteiger partial charge in [0.1, 0.15) is 11.6 Å². The van der Waals surface area contributed by atoms with Gasteiger partial charge in [-0.2, -0.15) is 13.2 Å². The predicted octanol–water partition coefficient (Wildman–Crippen LogP) is 3.85. The number of hydrogen-bond donors (Lipinski definition) is 0. The van der Waals surface area contributed by atoms with Gasteiger partial charge in [-0.05, 0) is 36.4 Å². The Hall–Kier alpha value is -2.90. The van der Waals surface area contributed by atoms with Gasteiger partial charge in [0.25, 0.3) is 5.56 Å². The van der Waals surface area contributed by atoms with Gasteiger partial charge in [0, 0.05) is 12.1 Å². The van der Waals surface area contributed by atoms with E-state index in [9.17, 15) is 18.0 Å². The van der Waals surface area contributed by atoms with Crippen LogP contribution in [0.15, 0.2) is 47.4 Å². The van der Waals surface area contributed by atoms with Crippen molar-refractivity contribution in [2.24, 2.45) is 0 Å². The molecule has 0 aliphatic heterocycles. The Kier molecular flexibility index (Phi) is 4.67. The van der Waals surface area contributed by atoms with Crippen LogP contribution in [0.3, 0.4) is 0 Å². The highest BCUT2D eigenvalue weighted by atomic mass is 19.4. The van der Waals surface area contributed by atoms with Crippen LogP contribution in [0.1, 0.15) is 25.6 Å². The van der Waals surface area contributed by atoms with E-state index in [2.05, 4.69) is 9.97 Å². The molecule has 2 heterocycles. The first-order valence-electron chi connectivity index (χ1n) is 7.94. The van der Waals surface area contributed by atoms with Gasteiger partial charge in [-0.15, -0.1) is 0 Å². The molecule has 0 unspecified atom stereocenters. The number of hydrogen-bond acceptors (Lipinski definition) is 4. The SMILES string of the molecule is CC(C)c1nc2ncccc2c(=O)n1-c1ccc(OCC(F)(F)F)cc1. The maximum Gasteiger partial charge on any atom is 0.422 e. The summed E-state index contributed by atoms with van der Waals surface area (Å²) in [5.41, 5.74) is 0.578. The molecular weight excluding hydrogens is 347 g/mol. The fourth-order valence-corrected chi connectivity index (χ4v) is 2.53. The van der Waals surface area contributed by atoms with E-state index >= 15 is 0 Å². The van der Waals surface area contributed by atoms with Crippen LogP contribution < -0.4 is 10.3 Å². The molecule has 0 aliphatic carbocycles. The summed E-state index contributed by atoms with van der Waals surface area (Å²) < 4.78 is 42.9. The second-order valence-corrected chi connectivity index (χ2v) is 6.04. The zero-order valence-corrected chi connectivity index (χ0v) is 14.1. The average molecular weight is 363 g/mol. The van der Waals surface area contributed by atoms with Crippen molar-refractivity contribution in [2.45, 2.75) is 25.9 Å². The van der Waals surface area contributed by atoms with Crippen LogP contribution in [-0.4, -0.2) is 27.3 Å². The third-order valence-electron chi connectivity index (χ3n) is 3.68. The summed E-state index contributed by atoms with van der Waals surface area (Å²) in [7, 11) is 0. The summed E-state index contributed by atoms with van der Waals surface area (Å²) in [5, 5.41) is 0.370. The molecule has 3 rings (SSSR count). The number of fused-ring (bicyclic) bond motifs is 1. The Labute approximate surface area is 147 Å². The third-order valence-corrected chi connectivity index (χ3v) is 3.68. The molecule has 0 aliphatic rings. The van der Waals surface area contributed by atoms with Gasteiger partial charge < -0.3 is 4.74 Å². The summed E-state index contributed by atoms with van der Waals surface area (Å²) >= 11 is 0. The summed E-state index contributed by atoms with van der Waals surface area (Å²) in [5.74, 6) is 0.529. The molecule has 0 fully saturated rings. The fourth-order valence-electron chi connectivity index (χ4n) is 2.53. The zero-order valence-electron chi connectivity index (χ0n) is 14.1. The molecule has 0 atom stereocenters. The number of alkyl halides is 3. The van der Waals surface area contributed by atoms with Gasteiger partial charge in [-0.1, -0.05) is 13.8 Å². The summed E-state index contributed by atoms with van der Waals surface area (Å²) in [6.45, 7) is 2.43. The lowest BCUT2D eigenvalue weighted by atomic mass is 10.1. The maximum atomic E-state index is 12.9. The molecule has 0 radical (unpaired) electrons. The summed E-state index contributed by atoms with van der Waals surface area (Å²) in [6, 6.07) is 9.14. The molecule has 26 heavy (non-hydrogen) atoms. The highest BCUT2D eigenvalue weighted by molar-refractivity contribution is 5.73. The minimum atomic E-state index is -4.41. The number of rotatable bonds is 4. The molecule has 0 amide bonds. The van der Waals surface area contributed by atoms with E-state index in [4.69, 9.17) is 4.74 Å². The van der Waals surface area contributed by atoms with Crippen molar-refractivity contribution in [2.75, 3.05) is 6.61 Å². The Bertz CT molecular complexity index is 980. The van der Waals surface area contributed by atoms with E-state index in [1.165, 1.54) is 28.8 Å². The minimum absolute atomic E-state index is 0.0599. The van der Waals surface area contributed by atoms with Crippen LogP contribution in [0.25, 0.3) is 16.7 Å². The van der Waals surface area contributed by atoms with Crippen molar-refractivity contribution >= 4 is 11.0 Å². The van der Waals surface area contributed by atoms with Gasteiger partial charge in [0.15, 0.2) is 12.3 Å². The van der Waals surface area contributed by atoms with E-state index < -0.39 is 12.8 Å². The number of nitrogens with zero attached hydrogens (tertiary/aromatic N) is 3. The largest absolute Gasteiger partial charge is 0.484 e. The second kappa shape index (κ2) is 6.78. The number of halogens is 3. The van der Waals surface area contributed by atoms with Gasteiger partial charge in [0.2, 0.25) is 0 Å². The molecular formula is C18H16F3N3O2. The van der Waals surface area contributed by atoms with E-state index in [-0.39, 0.29) is 17.2 Å². The molecule has 5 nitrogen and oxygen atoms in total. The first-order chi connectivity index (χ1) is 12.3. The lowest BCUT2D eigenvalue weighted by molar-refractivity contribution is -0.153. The van der Waals surface area contributed by atoms with Crippen molar-refractivity contribution in [1.29, 1.82) is 0 Å². The monoisotopic (exact) mass is 363 g/mol. The molecule has 1 aromatic carbocycles. The quantitative estimate of drug-likeness (QED) is 0.707. The van der Waals surface area contributed by atoms with Crippen molar-refractivity contribution in [3.8, 4) is 11.4 Å². The molecule has 0 bridgehead atoms. The molecule has 8 heteroatoms. The van der Waals surface area contributed by atoms with Crippen LogP contribution in [0.2, 0.25) is 0 Å². The Morgan fingerprint density at radius 3 is 2.46 bits per heavy atom. The number of pyridine rings is 1. The lowest BCUT2D eigenvalue weighted by Crippen LogP contribution is -2.25. The van der Waals surface area contributed by atoms with Gasteiger partial charge in [-0.3, -0.25) is 9.36 Å². The first kappa shape index (κ1) is 17.9. The van der Waals surface area contributed by atoms with Crippen molar-refractivity contribution in [3.63, 3.8) is 0 Å². The zero-order chi connectivity index (χ0) is 18.9. The second-order valence-electron chi connectivity index (χ2n) is 6.04. The standard InChI is InChI=1S/C18H16F3N3O2/c1-11(2)16-23-15-14(4-3-9-22-15)17(25)24(16)12-5-7-13(8-6-12)26-10-18(19,20)21/h3-9,11H,10H2,1-2H3. The molecule has 0 N–H and O–H groups in total. The van der Waals surface area contributed by atoms with Crippen LogP contribution in [-0.2, 0) is 0 Å². The van der Waals surface area contributed by atoms with Crippen LogP contribution >= 0.6 is 0 Å². The Morgan fingerprint density at radius 2 is 1.85 bits per heavy atom. The minimum Gasteiger partial charge on any atom is -0.484 e. The van der Waals surface area contributed by atoms with Crippen LogP contribution in [0.5, 0.6) is 5.75 Å². The van der Waals surface area contributed by atoms with E-state index in [0.29, 0.717) is 22.5 Å². The van der Waals surface area contributed by atoms with Gasteiger partial charge >= 0.3 is 6.18 Å². The predicted molar refractivity (Wildman–Crippen MR) is 90.8 cm³/mol. The maximum absolute atomic E-state index is 12.9. The van der Waals surface area contributed by atoms with Crippen molar-refractivity contribution in [1.82, 2.24) is 14.5 Å². The molecule has 0 spiro atoms. The number of aromatic nitrogens is 3. The lowest BCUT2D eigenvalue weighted by Gasteiger charge is -2.16. The number of benzene rings is 1. The fraction of sp³-hybridized carbons (Fsp3) is 0.278. The highest BCUT2D eigenvalue weighted by Gasteiger charge is 2.28. The van der Waals surface area contributed by atoms with E-state index in [1.807, 2.05) is 13.8 Å². The first-order valence-corrected chi connectivity index (χ1v) is 7.94. The molecule has 2 aromatic heterocycles. The number of ether oxygens (including phenoxy) is 1. The smallest absolute Gasteiger partial charge is 0.422 e. The topological polar surface area (TPSA) is 57.0 Å². The summed E-state index contributed by atoms with van der Waals surface area (Å²) in [4.78, 5) is 21.5. The Balaban J connectivity index is 2.05. The normalized spacial score (nSPS) is 11.9. The molecule has 0 saturated heterocycles. The average Bonchev–Trinajstić information content (AvgIpc) is 2.60. The van der Waals surface area contributed by atoms with Gasteiger partial charge in [0.05, 0.1) is 11.1 Å². The molecule has 3 aromatic rings. The van der Waals surface area contributed by atoms with E-state index in [0.717, 1.165) is 0 Å².